The first-order chi connectivity index (χ1) is 11.7. The third-order valence-corrected chi connectivity index (χ3v) is 6.02. The van der Waals surface area contributed by atoms with Gasteiger partial charge in [-0.05, 0) is 52.3 Å². The Morgan fingerprint density at radius 2 is 2.21 bits per heavy atom. The van der Waals surface area contributed by atoms with E-state index in [2.05, 4.69) is 27.9 Å². The van der Waals surface area contributed by atoms with Gasteiger partial charge < -0.3 is 4.90 Å². The van der Waals surface area contributed by atoms with Crippen LogP contribution in [-0.2, 0) is 6.67 Å². The normalized spacial score (nSPS) is 20.5. The number of nitrogens with zero attached hydrogens (tertiary/aromatic N) is 4. The minimum absolute atomic E-state index is 0.531. The van der Waals surface area contributed by atoms with Crippen molar-refractivity contribution >= 4 is 35.2 Å². The molecule has 124 valence electrons. The van der Waals surface area contributed by atoms with E-state index in [1.807, 2.05) is 40.3 Å². The second-order valence-corrected chi connectivity index (χ2v) is 7.71. The number of hydrogen-bond donors (Lipinski definition) is 1. The summed E-state index contributed by atoms with van der Waals surface area (Å²) >= 11 is 13.5. The predicted molar refractivity (Wildman–Crippen MR) is 97.3 cm³/mol. The second kappa shape index (κ2) is 6.76. The first-order valence-corrected chi connectivity index (χ1v) is 9.56. The number of tetrazole rings is 1. The summed E-state index contributed by atoms with van der Waals surface area (Å²) in [6.45, 7) is 1.87. The molecule has 8 heteroatoms. The lowest BCUT2D eigenvalue weighted by atomic mass is 10.2. The molecule has 3 aromatic rings. The highest BCUT2D eigenvalue weighted by atomic mass is 35.5. The molecule has 2 atom stereocenters. The number of benzene rings is 1. The van der Waals surface area contributed by atoms with Gasteiger partial charge in [-0.2, -0.15) is 9.36 Å². The van der Waals surface area contributed by atoms with Crippen molar-refractivity contribution in [3.8, 4) is 5.69 Å². The number of likely N-dealkylation sites (tertiary alicyclic amines) is 1. The molecule has 0 aliphatic carbocycles. The Kier molecular flexibility index (Phi) is 4.49. The zero-order valence-corrected chi connectivity index (χ0v) is 15.3. The Labute approximate surface area is 154 Å². The van der Waals surface area contributed by atoms with E-state index < -0.39 is 0 Å². The molecule has 0 bridgehead atoms. The maximum absolute atomic E-state index is 6.06. The Morgan fingerprint density at radius 1 is 1.29 bits per heavy atom. The van der Waals surface area contributed by atoms with E-state index in [1.165, 1.54) is 22.6 Å². The molecule has 1 N–H and O–H groups in total. The lowest BCUT2D eigenvalue weighted by Gasteiger charge is -2.19. The van der Waals surface area contributed by atoms with E-state index in [-0.39, 0.29) is 0 Å². The summed E-state index contributed by atoms with van der Waals surface area (Å²) in [5.74, 6) is 0. The number of nitrogens with one attached hydrogen (secondary N) is 1. The smallest absolute Gasteiger partial charge is 0.225 e. The summed E-state index contributed by atoms with van der Waals surface area (Å²) in [7, 11) is 0. The van der Waals surface area contributed by atoms with E-state index >= 15 is 0 Å². The molecule has 24 heavy (non-hydrogen) atoms. The van der Waals surface area contributed by atoms with Gasteiger partial charge in [-0.1, -0.05) is 23.7 Å². The summed E-state index contributed by atoms with van der Waals surface area (Å²) in [4.78, 5) is 2.93. The molecule has 1 saturated heterocycles. The van der Waals surface area contributed by atoms with Crippen LogP contribution in [0.1, 0.15) is 23.8 Å². The van der Waals surface area contributed by atoms with Crippen LogP contribution in [-0.4, -0.2) is 26.3 Å². The highest BCUT2D eigenvalue weighted by molar-refractivity contribution is 7.71. The van der Waals surface area contributed by atoms with E-state index in [4.69, 9.17) is 23.8 Å². The number of hydrogen-bond acceptors (Lipinski definition) is 4. The molecule has 2 aromatic heterocycles. The van der Waals surface area contributed by atoms with Crippen LogP contribution in [0.2, 0.25) is 5.02 Å². The van der Waals surface area contributed by atoms with Crippen LogP contribution in [0.4, 0.5) is 0 Å². The molecule has 1 aliphatic rings. The van der Waals surface area contributed by atoms with Gasteiger partial charge in [0.1, 0.15) is 6.04 Å². The van der Waals surface area contributed by atoms with Crippen molar-refractivity contribution < 1.29 is 4.90 Å². The topological polar surface area (TPSA) is 40.1 Å². The molecule has 1 fully saturated rings. The third kappa shape index (κ3) is 3.04. The standard InChI is InChI=1S/C16H16ClN5S2/c17-12-4-1-5-13(10-12)22-16(23)21(18-19-22)11-20-8-2-6-14(20)15-7-3-9-24-15/h1,3-5,7,9-10,14H,2,6,8,11H2/p+1/t14-/m1/s1. The van der Waals surface area contributed by atoms with Gasteiger partial charge in [0, 0.05) is 17.9 Å². The van der Waals surface area contributed by atoms with Crippen molar-refractivity contribution in [1.82, 2.24) is 19.8 Å². The van der Waals surface area contributed by atoms with E-state index in [9.17, 15) is 0 Å². The summed E-state index contributed by atoms with van der Waals surface area (Å²) in [6, 6.07) is 12.4. The number of quaternary nitrogens is 1. The van der Waals surface area contributed by atoms with Crippen LogP contribution in [0, 0.1) is 4.77 Å². The fourth-order valence-corrected chi connectivity index (χ4v) is 4.62. The molecule has 4 rings (SSSR count). The quantitative estimate of drug-likeness (QED) is 0.709. The van der Waals surface area contributed by atoms with Crippen molar-refractivity contribution in [2.75, 3.05) is 6.54 Å². The monoisotopic (exact) mass is 378 g/mol. The van der Waals surface area contributed by atoms with E-state index in [0.717, 1.165) is 18.9 Å². The maximum Gasteiger partial charge on any atom is 0.225 e. The molecule has 0 radical (unpaired) electrons. The lowest BCUT2D eigenvalue weighted by molar-refractivity contribution is -0.941. The summed E-state index contributed by atoms with van der Waals surface area (Å²) in [6.07, 6.45) is 2.44. The predicted octanol–water partition coefficient (Wildman–Crippen LogP) is 2.89. The van der Waals surface area contributed by atoms with E-state index in [0.29, 0.717) is 15.8 Å². The van der Waals surface area contributed by atoms with E-state index in [1.54, 1.807) is 4.68 Å². The first kappa shape index (κ1) is 16.0. The fraction of sp³-hybridized carbons (Fsp3) is 0.312. The van der Waals surface area contributed by atoms with Crippen LogP contribution in [0.25, 0.3) is 5.69 Å². The van der Waals surface area contributed by atoms with Gasteiger partial charge in [0.2, 0.25) is 4.77 Å². The average molecular weight is 379 g/mol. The van der Waals surface area contributed by atoms with Crippen LogP contribution in [0.15, 0.2) is 41.8 Å². The van der Waals surface area contributed by atoms with Gasteiger partial charge >= 0.3 is 0 Å². The molecular formula is C16H17ClN5S2+. The number of thiophene rings is 1. The Morgan fingerprint density at radius 3 is 3.00 bits per heavy atom. The number of halogens is 1. The van der Waals surface area contributed by atoms with Crippen LogP contribution in [0.5, 0.6) is 0 Å². The molecule has 1 aliphatic heterocycles. The molecule has 3 heterocycles. The van der Waals surface area contributed by atoms with Gasteiger partial charge in [-0.15, -0.1) is 11.3 Å². The molecule has 0 saturated carbocycles. The van der Waals surface area contributed by atoms with Crippen molar-refractivity contribution in [3.05, 3.63) is 56.4 Å². The number of rotatable bonds is 4. The van der Waals surface area contributed by atoms with Crippen molar-refractivity contribution in [3.63, 3.8) is 0 Å². The maximum atomic E-state index is 6.06. The summed E-state index contributed by atoms with van der Waals surface area (Å²) in [5, 5.41) is 11.3. The zero-order valence-electron chi connectivity index (χ0n) is 12.9. The minimum atomic E-state index is 0.531. The highest BCUT2D eigenvalue weighted by Crippen LogP contribution is 2.23. The fourth-order valence-electron chi connectivity index (χ4n) is 3.27. The third-order valence-electron chi connectivity index (χ3n) is 4.42. The van der Waals surface area contributed by atoms with Gasteiger partial charge in [-0.3, -0.25) is 0 Å². The van der Waals surface area contributed by atoms with Gasteiger partial charge in [0.15, 0.2) is 6.67 Å². The second-order valence-electron chi connectivity index (χ2n) is 5.93. The molecular weight excluding hydrogens is 362 g/mol. The van der Waals surface area contributed by atoms with Crippen LogP contribution >= 0.6 is 35.2 Å². The SMILES string of the molecule is S=c1n(C[NH+]2CCC[C@@H]2c2cccs2)nnn1-c1cccc(Cl)c1. The molecule has 1 aromatic carbocycles. The average Bonchev–Trinajstić information content (AvgIpc) is 3.30. The van der Waals surface area contributed by atoms with Gasteiger partial charge in [0.25, 0.3) is 0 Å². The molecule has 5 nitrogen and oxygen atoms in total. The molecule has 0 amide bonds. The summed E-state index contributed by atoms with van der Waals surface area (Å²) in [5.41, 5.74) is 0.838. The van der Waals surface area contributed by atoms with Gasteiger partial charge in [-0.25, -0.2) is 0 Å². The Balaban J connectivity index is 1.59. The highest BCUT2D eigenvalue weighted by Gasteiger charge is 2.31. The Bertz CT molecular complexity index is 886. The van der Waals surface area contributed by atoms with Gasteiger partial charge in [0.05, 0.1) is 17.1 Å². The van der Waals surface area contributed by atoms with Crippen LogP contribution < -0.4 is 4.90 Å². The first-order valence-electron chi connectivity index (χ1n) is 7.89. The largest absolute Gasteiger partial charge is 0.309 e. The Hall–Kier alpha value is -1.54. The van der Waals surface area contributed by atoms with Crippen molar-refractivity contribution in [2.24, 2.45) is 0 Å². The molecule has 1 unspecified atom stereocenters. The summed E-state index contributed by atoms with van der Waals surface area (Å²) < 4.78 is 4.08. The van der Waals surface area contributed by atoms with Crippen molar-refractivity contribution in [2.45, 2.75) is 25.6 Å². The van der Waals surface area contributed by atoms with Crippen LogP contribution in [0.3, 0.4) is 0 Å². The number of aromatic nitrogens is 4. The molecule has 0 spiro atoms. The minimum Gasteiger partial charge on any atom is -0.309 e. The lowest BCUT2D eigenvalue weighted by Crippen LogP contribution is -3.09. The van der Waals surface area contributed by atoms with Crippen molar-refractivity contribution in [1.29, 1.82) is 0 Å². The zero-order chi connectivity index (χ0) is 16.5.